The maximum absolute atomic E-state index is 8.75. The Bertz CT molecular complexity index is 580. The van der Waals surface area contributed by atoms with E-state index in [0.29, 0.717) is 12.1 Å². The third-order valence-electron chi connectivity index (χ3n) is 2.42. The fourth-order valence-corrected chi connectivity index (χ4v) is 2.50. The van der Waals surface area contributed by atoms with Crippen LogP contribution in [-0.2, 0) is 6.54 Å². The van der Waals surface area contributed by atoms with Crippen molar-refractivity contribution in [2.75, 3.05) is 11.6 Å². The summed E-state index contributed by atoms with van der Waals surface area (Å²) in [6.07, 6.45) is 1.99. The Labute approximate surface area is 121 Å². The minimum Gasteiger partial charge on any atom is -0.335 e. The van der Waals surface area contributed by atoms with Crippen LogP contribution < -0.4 is 5.32 Å². The van der Waals surface area contributed by atoms with Crippen LogP contribution in [0.25, 0.3) is 0 Å². The first-order valence-electron chi connectivity index (χ1n) is 5.70. The second-order valence-electron chi connectivity index (χ2n) is 3.72. The van der Waals surface area contributed by atoms with Crippen molar-refractivity contribution >= 4 is 34.0 Å². The maximum atomic E-state index is 8.75. The lowest BCUT2D eigenvalue weighted by Crippen LogP contribution is -2.07. The number of thioether (sulfide) groups is 1. The second kappa shape index (κ2) is 6.98. The molecular formula is C14H13N3S2. The maximum Gasteiger partial charge on any atom is 0.161 e. The topological polar surface area (TPSA) is 48.2 Å². The number of amidine groups is 1. The van der Waals surface area contributed by atoms with E-state index in [4.69, 9.17) is 5.26 Å². The van der Waals surface area contributed by atoms with Gasteiger partial charge >= 0.3 is 0 Å². The molecule has 5 heteroatoms. The molecule has 2 rings (SSSR count). The van der Waals surface area contributed by atoms with Gasteiger partial charge in [-0.2, -0.15) is 5.26 Å². The molecule has 3 nitrogen and oxygen atoms in total. The summed E-state index contributed by atoms with van der Waals surface area (Å²) in [6, 6.07) is 13.6. The number of anilines is 1. The summed E-state index contributed by atoms with van der Waals surface area (Å²) in [6.45, 7) is 0.692. The first-order chi connectivity index (χ1) is 9.31. The van der Waals surface area contributed by atoms with Crippen LogP contribution in [0.1, 0.15) is 10.4 Å². The number of thiophene rings is 1. The van der Waals surface area contributed by atoms with Crippen LogP contribution in [0.15, 0.2) is 46.8 Å². The minimum atomic E-state index is 0.659. The van der Waals surface area contributed by atoms with E-state index in [9.17, 15) is 0 Å². The number of aliphatic imine (C=N–C) groups is 1. The van der Waals surface area contributed by atoms with E-state index in [1.807, 2.05) is 24.5 Å². The summed E-state index contributed by atoms with van der Waals surface area (Å²) in [4.78, 5) is 5.78. The normalized spacial score (nSPS) is 11.1. The van der Waals surface area contributed by atoms with Crippen molar-refractivity contribution in [3.05, 3.63) is 52.2 Å². The van der Waals surface area contributed by atoms with Gasteiger partial charge in [0.25, 0.3) is 0 Å². The van der Waals surface area contributed by atoms with Crippen LogP contribution in [-0.4, -0.2) is 11.4 Å². The van der Waals surface area contributed by atoms with E-state index in [0.717, 1.165) is 10.9 Å². The summed E-state index contributed by atoms with van der Waals surface area (Å²) < 4.78 is 0. The van der Waals surface area contributed by atoms with Crippen molar-refractivity contribution < 1.29 is 0 Å². The van der Waals surface area contributed by atoms with Crippen molar-refractivity contribution in [2.45, 2.75) is 6.54 Å². The molecule has 0 unspecified atom stereocenters. The molecule has 96 valence electrons. The van der Waals surface area contributed by atoms with Gasteiger partial charge in [0.2, 0.25) is 0 Å². The fraction of sp³-hybridized carbons (Fsp3) is 0.143. The average Bonchev–Trinajstić information content (AvgIpc) is 2.97. The second-order valence-corrected chi connectivity index (χ2v) is 5.55. The average molecular weight is 287 g/mol. The zero-order valence-electron chi connectivity index (χ0n) is 10.5. The number of rotatable bonds is 3. The van der Waals surface area contributed by atoms with E-state index >= 15 is 0 Å². The molecule has 0 fully saturated rings. The van der Waals surface area contributed by atoms with Crippen molar-refractivity contribution in [3.63, 3.8) is 0 Å². The fourth-order valence-electron chi connectivity index (χ4n) is 1.46. The van der Waals surface area contributed by atoms with E-state index in [2.05, 4.69) is 27.8 Å². The van der Waals surface area contributed by atoms with E-state index in [1.54, 1.807) is 35.2 Å². The minimum absolute atomic E-state index is 0.659. The molecule has 0 aliphatic heterocycles. The molecule has 0 saturated carbocycles. The number of hydrogen-bond acceptors (Lipinski definition) is 4. The van der Waals surface area contributed by atoms with Crippen LogP contribution >= 0.6 is 23.1 Å². The molecule has 2 aromatic rings. The van der Waals surface area contributed by atoms with Gasteiger partial charge in [-0.1, -0.05) is 17.8 Å². The number of nitrogens with one attached hydrogen (secondary N) is 1. The van der Waals surface area contributed by atoms with Gasteiger partial charge in [0.15, 0.2) is 5.17 Å². The molecule has 0 atom stereocenters. The summed E-state index contributed by atoms with van der Waals surface area (Å²) in [5.74, 6) is 0. The van der Waals surface area contributed by atoms with Gasteiger partial charge in [-0.15, -0.1) is 11.3 Å². The molecule has 19 heavy (non-hydrogen) atoms. The van der Waals surface area contributed by atoms with Crippen molar-refractivity contribution in [2.24, 2.45) is 4.99 Å². The molecule has 0 aliphatic rings. The molecule has 0 radical (unpaired) electrons. The number of nitriles is 1. The first-order valence-corrected chi connectivity index (χ1v) is 7.80. The van der Waals surface area contributed by atoms with Crippen LogP contribution in [0.2, 0.25) is 0 Å². The standard InChI is InChI=1S/C14H13N3S2/c1-18-14(16-10-13-3-2-8-19-13)17-12-6-4-11(9-15)5-7-12/h2-8H,10H2,1H3,(H,16,17). The first kappa shape index (κ1) is 13.7. The van der Waals surface area contributed by atoms with Gasteiger partial charge in [-0.05, 0) is 42.0 Å². The zero-order chi connectivity index (χ0) is 13.5. The third-order valence-corrected chi connectivity index (χ3v) is 3.90. The van der Waals surface area contributed by atoms with E-state index in [-0.39, 0.29) is 0 Å². The Balaban J connectivity index is 2.01. The van der Waals surface area contributed by atoms with Crippen LogP contribution in [0.4, 0.5) is 5.69 Å². The number of benzene rings is 1. The molecule has 1 heterocycles. The van der Waals surface area contributed by atoms with Gasteiger partial charge in [-0.25, -0.2) is 0 Å². The quantitative estimate of drug-likeness (QED) is 0.687. The highest BCUT2D eigenvalue weighted by Gasteiger charge is 1.99. The Kier molecular flexibility index (Phi) is 5.01. The zero-order valence-corrected chi connectivity index (χ0v) is 12.1. The highest BCUT2D eigenvalue weighted by molar-refractivity contribution is 8.13. The smallest absolute Gasteiger partial charge is 0.161 e. The van der Waals surface area contributed by atoms with Crippen molar-refractivity contribution in [3.8, 4) is 6.07 Å². The van der Waals surface area contributed by atoms with Crippen LogP contribution in [0.5, 0.6) is 0 Å². The molecule has 0 bridgehead atoms. The number of nitrogens with zero attached hydrogens (tertiary/aromatic N) is 2. The Morgan fingerprint density at radius 1 is 1.37 bits per heavy atom. The number of hydrogen-bond donors (Lipinski definition) is 1. The SMILES string of the molecule is CSC(=NCc1cccs1)Nc1ccc(C#N)cc1. The van der Waals surface area contributed by atoms with Gasteiger partial charge in [0, 0.05) is 10.6 Å². The third kappa shape index (κ3) is 4.12. The molecule has 1 N–H and O–H groups in total. The lowest BCUT2D eigenvalue weighted by atomic mass is 10.2. The van der Waals surface area contributed by atoms with Gasteiger partial charge in [0.1, 0.15) is 0 Å². The van der Waals surface area contributed by atoms with Crippen LogP contribution in [0, 0.1) is 11.3 Å². The lowest BCUT2D eigenvalue weighted by Gasteiger charge is -2.07. The van der Waals surface area contributed by atoms with Gasteiger partial charge in [0.05, 0.1) is 18.2 Å². The molecule has 0 saturated heterocycles. The lowest BCUT2D eigenvalue weighted by molar-refractivity contribution is 1.11. The highest BCUT2D eigenvalue weighted by atomic mass is 32.2. The molecule has 1 aromatic carbocycles. The molecule has 0 aliphatic carbocycles. The van der Waals surface area contributed by atoms with E-state index in [1.165, 1.54) is 4.88 Å². The van der Waals surface area contributed by atoms with Crippen molar-refractivity contribution in [1.82, 2.24) is 0 Å². The summed E-state index contributed by atoms with van der Waals surface area (Å²) in [5, 5.41) is 14.9. The predicted octanol–water partition coefficient (Wildman–Crippen LogP) is 3.95. The Morgan fingerprint density at radius 2 is 2.16 bits per heavy atom. The van der Waals surface area contributed by atoms with Gasteiger partial charge in [-0.3, -0.25) is 4.99 Å². The molecule has 0 amide bonds. The summed E-state index contributed by atoms with van der Waals surface area (Å²) >= 11 is 3.28. The monoisotopic (exact) mass is 287 g/mol. The van der Waals surface area contributed by atoms with Crippen LogP contribution in [0.3, 0.4) is 0 Å². The highest BCUT2D eigenvalue weighted by Crippen LogP contribution is 2.14. The molecule has 0 spiro atoms. The predicted molar refractivity (Wildman–Crippen MR) is 83.8 cm³/mol. The van der Waals surface area contributed by atoms with E-state index < -0.39 is 0 Å². The molecule has 1 aromatic heterocycles. The van der Waals surface area contributed by atoms with Gasteiger partial charge < -0.3 is 5.32 Å². The summed E-state index contributed by atoms with van der Waals surface area (Å²) in [5.41, 5.74) is 1.60. The Morgan fingerprint density at radius 3 is 2.74 bits per heavy atom. The Hall–Kier alpha value is -1.77. The van der Waals surface area contributed by atoms with Crippen molar-refractivity contribution in [1.29, 1.82) is 5.26 Å². The molecular weight excluding hydrogens is 274 g/mol. The largest absolute Gasteiger partial charge is 0.335 e. The summed E-state index contributed by atoms with van der Waals surface area (Å²) in [7, 11) is 0.